The van der Waals surface area contributed by atoms with Crippen LogP contribution in [0.2, 0.25) is 0 Å². The number of hydrogen-bond donors (Lipinski definition) is 1. The minimum Gasteiger partial charge on any atom is -0.445 e. The normalized spacial score (nSPS) is 11.1. The SMILES string of the molecule is C[C@@H](C(=O)C#N)N(C)C(=O)OCc1ccc(NC(=O)Cc2ccc(F)cc2)cc1. The molecular weight excluding hydrogens is 377 g/mol. The number of benzene rings is 2. The van der Waals surface area contributed by atoms with Crippen molar-refractivity contribution in [3.63, 3.8) is 0 Å². The second-order valence-corrected chi connectivity index (χ2v) is 6.37. The van der Waals surface area contributed by atoms with Crippen LogP contribution in [0.3, 0.4) is 0 Å². The smallest absolute Gasteiger partial charge is 0.410 e. The molecule has 0 aliphatic rings. The van der Waals surface area contributed by atoms with Gasteiger partial charge in [0.25, 0.3) is 5.78 Å². The van der Waals surface area contributed by atoms with Gasteiger partial charge in [0, 0.05) is 12.7 Å². The van der Waals surface area contributed by atoms with E-state index in [1.807, 2.05) is 0 Å². The monoisotopic (exact) mass is 397 g/mol. The van der Waals surface area contributed by atoms with E-state index < -0.39 is 17.9 Å². The summed E-state index contributed by atoms with van der Waals surface area (Å²) in [7, 11) is 1.38. The molecule has 0 bridgehead atoms. The van der Waals surface area contributed by atoms with Crippen molar-refractivity contribution in [2.24, 2.45) is 0 Å². The molecular formula is C21H20FN3O4. The number of Topliss-reactive ketones (excluding diaryl/α,β-unsaturated/α-hetero) is 1. The molecule has 1 atom stereocenters. The maximum absolute atomic E-state index is 12.9. The Hall–Kier alpha value is -3.73. The zero-order valence-corrected chi connectivity index (χ0v) is 16.0. The second kappa shape index (κ2) is 9.99. The van der Waals surface area contributed by atoms with E-state index in [9.17, 15) is 18.8 Å². The average Bonchev–Trinajstić information content (AvgIpc) is 2.72. The number of nitrogens with zero attached hydrogens (tertiary/aromatic N) is 2. The highest BCUT2D eigenvalue weighted by Gasteiger charge is 2.23. The fourth-order valence-corrected chi connectivity index (χ4v) is 2.35. The molecule has 2 aromatic rings. The Balaban J connectivity index is 1.84. The largest absolute Gasteiger partial charge is 0.445 e. The number of halogens is 1. The van der Waals surface area contributed by atoms with Gasteiger partial charge in [-0.1, -0.05) is 24.3 Å². The van der Waals surface area contributed by atoms with Crippen LogP contribution in [0.4, 0.5) is 14.9 Å². The lowest BCUT2D eigenvalue weighted by atomic mass is 10.1. The molecule has 0 aromatic heterocycles. The summed E-state index contributed by atoms with van der Waals surface area (Å²) < 4.78 is 18.0. The molecule has 2 rings (SSSR count). The second-order valence-electron chi connectivity index (χ2n) is 6.37. The van der Waals surface area contributed by atoms with E-state index in [2.05, 4.69) is 5.32 Å². The van der Waals surface area contributed by atoms with Crippen LogP contribution in [0.15, 0.2) is 48.5 Å². The van der Waals surface area contributed by atoms with Crippen molar-refractivity contribution in [2.45, 2.75) is 26.0 Å². The first kappa shape index (κ1) is 21.6. The number of rotatable bonds is 7. The van der Waals surface area contributed by atoms with Crippen LogP contribution in [-0.4, -0.2) is 35.8 Å². The minimum atomic E-state index is -0.897. The lowest BCUT2D eigenvalue weighted by Crippen LogP contribution is -2.40. The van der Waals surface area contributed by atoms with Crippen molar-refractivity contribution < 1.29 is 23.5 Å². The Labute approximate surface area is 167 Å². The number of likely N-dealkylation sites (N-methyl/N-ethyl adjacent to an activating group) is 1. The van der Waals surface area contributed by atoms with Gasteiger partial charge in [-0.2, -0.15) is 5.26 Å². The minimum absolute atomic E-state index is 0.0273. The van der Waals surface area contributed by atoms with E-state index >= 15 is 0 Å². The summed E-state index contributed by atoms with van der Waals surface area (Å²) in [5.41, 5.74) is 1.95. The summed E-state index contributed by atoms with van der Waals surface area (Å²) in [6.45, 7) is 1.41. The van der Waals surface area contributed by atoms with E-state index in [1.54, 1.807) is 36.4 Å². The van der Waals surface area contributed by atoms with Crippen molar-refractivity contribution in [2.75, 3.05) is 12.4 Å². The zero-order chi connectivity index (χ0) is 21.4. The fourth-order valence-electron chi connectivity index (χ4n) is 2.35. The summed E-state index contributed by atoms with van der Waals surface area (Å²) in [5.74, 6) is -1.33. The number of amides is 2. The predicted octanol–water partition coefficient (Wildman–Crippen LogP) is 3.06. The first-order valence-corrected chi connectivity index (χ1v) is 8.77. The Bertz CT molecular complexity index is 920. The van der Waals surface area contributed by atoms with E-state index in [-0.39, 0.29) is 24.8 Å². The lowest BCUT2D eigenvalue weighted by molar-refractivity contribution is -0.117. The molecule has 2 aromatic carbocycles. The molecule has 0 saturated carbocycles. The number of hydrogen-bond acceptors (Lipinski definition) is 5. The highest BCUT2D eigenvalue weighted by Crippen LogP contribution is 2.12. The quantitative estimate of drug-likeness (QED) is 0.724. The molecule has 0 unspecified atom stereocenters. The van der Waals surface area contributed by atoms with Crippen molar-refractivity contribution in [1.82, 2.24) is 4.90 Å². The average molecular weight is 397 g/mol. The summed E-state index contributed by atoms with van der Waals surface area (Å²) in [6, 6.07) is 13.0. The van der Waals surface area contributed by atoms with Crippen molar-refractivity contribution >= 4 is 23.5 Å². The van der Waals surface area contributed by atoms with Crippen molar-refractivity contribution in [1.29, 1.82) is 5.26 Å². The van der Waals surface area contributed by atoms with Crippen molar-refractivity contribution in [3.8, 4) is 6.07 Å². The highest BCUT2D eigenvalue weighted by molar-refractivity contribution is 5.98. The molecule has 0 spiro atoms. The number of ketones is 1. The predicted molar refractivity (Wildman–Crippen MR) is 103 cm³/mol. The number of carbonyl (C=O) groups is 3. The third kappa shape index (κ3) is 6.43. The summed E-state index contributed by atoms with van der Waals surface area (Å²) >= 11 is 0. The highest BCUT2D eigenvalue weighted by atomic mass is 19.1. The number of nitriles is 1. The van der Waals surface area contributed by atoms with E-state index in [4.69, 9.17) is 10.00 Å². The van der Waals surface area contributed by atoms with Gasteiger partial charge in [0.2, 0.25) is 5.91 Å². The van der Waals surface area contributed by atoms with E-state index in [0.717, 1.165) is 4.90 Å². The molecule has 0 aliphatic carbocycles. The van der Waals surface area contributed by atoms with Crippen LogP contribution in [0.25, 0.3) is 0 Å². The summed E-state index contributed by atoms with van der Waals surface area (Å²) in [6.07, 6.45) is -0.608. The molecule has 0 aliphatic heterocycles. The van der Waals surface area contributed by atoms with Gasteiger partial charge in [-0.25, -0.2) is 9.18 Å². The molecule has 1 N–H and O–H groups in total. The maximum Gasteiger partial charge on any atom is 0.410 e. The fraction of sp³-hybridized carbons (Fsp3) is 0.238. The van der Waals surface area contributed by atoms with Crippen LogP contribution in [0, 0.1) is 17.1 Å². The number of anilines is 1. The van der Waals surface area contributed by atoms with Crippen molar-refractivity contribution in [3.05, 3.63) is 65.5 Å². The summed E-state index contributed by atoms with van der Waals surface area (Å²) in [5, 5.41) is 11.3. The van der Waals surface area contributed by atoms with Crippen LogP contribution in [-0.2, 0) is 27.4 Å². The maximum atomic E-state index is 12.9. The first-order valence-electron chi connectivity index (χ1n) is 8.77. The number of carbonyl (C=O) groups excluding carboxylic acids is 3. The molecule has 0 saturated heterocycles. The molecule has 8 heteroatoms. The van der Waals surface area contributed by atoms with Crippen LogP contribution in [0.5, 0.6) is 0 Å². The molecule has 2 amide bonds. The van der Waals surface area contributed by atoms with Gasteiger partial charge in [0.15, 0.2) is 0 Å². The summed E-state index contributed by atoms with van der Waals surface area (Å²) in [4.78, 5) is 36.4. The molecule has 29 heavy (non-hydrogen) atoms. The Morgan fingerprint density at radius 3 is 2.28 bits per heavy atom. The standard InChI is InChI=1S/C21H20FN3O4/c1-14(19(26)12-23)25(2)21(28)29-13-16-5-9-18(10-6-16)24-20(27)11-15-3-7-17(22)8-4-15/h3-10,14H,11,13H2,1-2H3,(H,24,27)/t14-/m0/s1. The van der Waals surface area contributed by atoms with Gasteiger partial charge in [0.05, 0.1) is 6.42 Å². The Morgan fingerprint density at radius 1 is 1.10 bits per heavy atom. The zero-order valence-electron chi connectivity index (χ0n) is 16.0. The van der Waals surface area contributed by atoms with E-state index in [0.29, 0.717) is 16.8 Å². The van der Waals surface area contributed by atoms with Crippen LogP contribution < -0.4 is 5.32 Å². The first-order chi connectivity index (χ1) is 13.8. The van der Waals surface area contributed by atoms with Crippen LogP contribution >= 0.6 is 0 Å². The van der Waals surface area contributed by atoms with Crippen LogP contribution in [0.1, 0.15) is 18.1 Å². The third-order valence-electron chi connectivity index (χ3n) is 4.24. The molecule has 7 nitrogen and oxygen atoms in total. The lowest BCUT2D eigenvalue weighted by Gasteiger charge is -2.21. The molecule has 150 valence electrons. The Kier molecular flexibility index (Phi) is 7.43. The van der Waals surface area contributed by atoms with Gasteiger partial charge in [-0.3, -0.25) is 9.59 Å². The van der Waals surface area contributed by atoms with Gasteiger partial charge in [0.1, 0.15) is 24.5 Å². The number of ether oxygens (including phenoxy) is 1. The third-order valence-corrected chi connectivity index (χ3v) is 4.24. The van der Waals surface area contributed by atoms with Gasteiger partial charge in [-0.15, -0.1) is 0 Å². The van der Waals surface area contributed by atoms with E-state index in [1.165, 1.54) is 32.2 Å². The molecule has 0 heterocycles. The van der Waals surface area contributed by atoms with Gasteiger partial charge >= 0.3 is 6.09 Å². The molecule has 0 radical (unpaired) electrons. The topological polar surface area (TPSA) is 99.5 Å². The number of nitrogens with one attached hydrogen (secondary N) is 1. The van der Waals surface area contributed by atoms with Gasteiger partial charge < -0.3 is 15.0 Å². The van der Waals surface area contributed by atoms with Gasteiger partial charge in [-0.05, 0) is 42.3 Å². The Morgan fingerprint density at radius 2 is 1.69 bits per heavy atom. The molecule has 0 fully saturated rings.